The van der Waals surface area contributed by atoms with Gasteiger partial charge in [-0.2, -0.15) is 0 Å². The van der Waals surface area contributed by atoms with Crippen molar-refractivity contribution in [3.05, 3.63) is 35.9 Å². The Labute approximate surface area is 95.7 Å². The van der Waals surface area contributed by atoms with Crippen LogP contribution in [-0.4, -0.2) is 13.3 Å². The van der Waals surface area contributed by atoms with Gasteiger partial charge in [0.1, 0.15) is 0 Å². The van der Waals surface area contributed by atoms with E-state index < -0.39 is 8.32 Å². The third-order valence-electron chi connectivity index (χ3n) is 2.09. The number of benzene rings is 1. The Hall–Kier alpha value is -0.123. The van der Waals surface area contributed by atoms with E-state index in [9.17, 15) is 0 Å². The maximum atomic E-state index is 6.07. The first kappa shape index (κ1) is 11.9. The van der Waals surface area contributed by atoms with Gasteiger partial charge < -0.3 is 4.43 Å². The van der Waals surface area contributed by atoms with E-state index >= 15 is 0 Å². The summed E-state index contributed by atoms with van der Waals surface area (Å²) in [5.41, 5.74) is 1.26. The minimum absolute atomic E-state index is 0.204. The predicted molar refractivity (Wildman–Crippen MR) is 67.2 cm³/mol. The number of rotatable bonds is 4. The zero-order valence-corrected chi connectivity index (χ0v) is 11.5. The van der Waals surface area contributed by atoms with Gasteiger partial charge in [0.15, 0.2) is 8.32 Å². The Bertz CT molecular complexity index is 274. The van der Waals surface area contributed by atoms with Gasteiger partial charge in [0.05, 0.1) is 6.10 Å². The van der Waals surface area contributed by atoms with Crippen LogP contribution in [0.3, 0.4) is 0 Å². The molecule has 1 unspecified atom stereocenters. The highest BCUT2D eigenvalue weighted by molar-refractivity contribution is 9.09. The summed E-state index contributed by atoms with van der Waals surface area (Å²) >= 11 is 3.51. The second kappa shape index (κ2) is 5.10. The topological polar surface area (TPSA) is 9.23 Å². The lowest BCUT2D eigenvalue weighted by molar-refractivity contribution is 0.219. The Morgan fingerprint density at radius 1 is 1.29 bits per heavy atom. The first-order valence-corrected chi connectivity index (χ1v) is 9.07. The van der Waals surface area contributed by atoms with E-state index in [1.165, 1.54) is 5.56 Å². The monoisotopic (exact) mass is 272 g/mol. The molecule has 0 aliphatic heterocycles. The van der Waals surface area contributed by atoms with E-state index in [1.54, 1.807) is 0 Å². The molecule has 0 bridgehead atoms. The standard InChI is InChI=1S/C11H17BrOSi/c1-10(13-14(2,3)9-12)11-7-5-4-6-8-11/h4-8,10H,9H2,1-3H3. The van der Waals surface area contributed by atoms with Gasteiger partial charge in [-0.25, -0.2) is 0 Å². The van der Waals surface area contributed by atoms with Gasteiger partial charge in [0.2, 0.25) is 0 Å². The van der Waals surface area contributed by atoms with Crippen molar-refractivity contribution in [1.29, 1.82) is 0 Å². The first-order valence-electron chi connectivity index (χ1n) is 4.84. The van der Waals surface area contributed by atoms with Crippen molar-refractivity contribution in [2.75, 3.05) is 4.95 Å². The van der Waals surface area contributed by atoms with Crippen LogP contribution in [0.2, 0.25) is 13.1 Å². The van der Waals surface area contributed by atoms with Gasteiger partial charge in [-0.3, -0.25) is 0 Å². The van der Waals surface area contributed by atoms with Crippen molar-refractivity contribution in [3.63, 3.8) is 0 Å². The Morgan fingerprint density at radius 2 is 1.86 bits per heavy atom. The Morgan fingerprint density at radius 3 is 2.36 bits per heavy atom. The van der Waals surface area contributed by atoms with Gasteiger partial charge in [0.25, 0.3) is 0 Å². The highest BCUT2D eigenvalue weighted by atomic mass is 79.9. The second-order valence-electron chi connectivity index (χ2n) is 4.06. The summed E-state index contributed by atoms with van der Waals surface area (Å²) in [6, 6.07) is 10.4. The largest absolute Gasteiger partial charge is 0.410 e. The van der Waals surface area contributed by atoms with Crippen LogP contribution in [-0.2, 0) is 4.43 Å². The SMILES string of the molecule is CC(O[Si](C)(C)CBr)c1ccccc1. The van der Waals surface area contributed by atoms with Crippen LogP contribution >= 0.6 is 15.9 Å². The summed E-state index contributed by atoms with van der Waals surface area (Å²) in [5, 5.41) is 0. The highest BCUT2D eigenvalue weighted by Gasteiger charge is 2.23. The molecule has 1 aromatic rings. The molecule has 3 heteroatoms. The van der Waals surface area contributed by atoms with E-state index in [2.05, 4.69) is 60.2 Å². The summed E-state index contributed by atoms with van der Waals surface area (Å²) in [5.74, 6) is 0. The molecule has 78 valence electrons. The number of hydrogen-bond donors (Lipinski definition) is 0. The van der Waals surface area contributed by atoms with Crippen molar-refractivity contribution in [2.45, 2.75) is 26.1 Å². The smallest absolute Gasteiger partial charge is 0.197 e. The van der Waals surface area contributed by atoms with Gasteiger partial charge in [-0.1, -0.05) is 46.3 Å². The molecular weight excluding hydrogens is 256 g/mol. The predicted octanol–water partition coefficient (Wildman–Crippen LogP) is 3.90. The molecule has 1 nitrogen and oxygen atoms in total. The average molecular weight is 273 g/mol. The highest BCUT2D eigenvalue weighted by Crippen LogP contribution is 2.22. The van der Waals surface area contributed by atoms with Crippen LogP contribution in [0.5, 0.6) is 0 Å². The molecule has 0 heterocycles. The normalized spacial score (nSPS) is 14.0. The molecule has 1 rings (SSSR count). The number of hydrogen-bond acceptors (Lipinski definition) is 1. The lowest BCUT2D eigenvalue weighted by atomic mass is 10.1. The quantitative estimate of drug-likeness (QED) is 0.597. The molecule has 0 radical (unpaired) electrons. The lowest BCUT2D eigenvalue weighted by Crippen LogP contribution is -2.34. The van der Waals surface area contributed by atoms with Crippen molar-refractivity contribution in [2.24, 2.45) is 0 Å². The molecule has 0 N–H and O–H groups in total. The fourth-order valence-corrected chi connectivity index (χ4v) is 2.85. The van der Waals surface area contributed by atoms with E-state index in [0.29, 0.717) is 0 Å². The second-order valence-corrected chi connectivity index (χ2v) is 9.77. The van der Waals surface area contributed by atoms with Gasteiger partial charge >= 0.3 is 0 Å². The summed E-state index contributed by atoms with van der Waals surface area (Å²) in [7, 11) is -1.51. The maximum absolute atomic E-state index is 6.07. The first-order chi connectivity index (χ1) is 6.55. The molecule has 0 saturated heterocycles. The van der Waals surface area contributed by atoms with Crippen molar-refractivity contribution in [3.8, 4) is 0 Å². The van der Waals surface area contributed by atoms with Crippen LogP contribution in [0.4, 0.5) is 0 Å². The molecule has 0 aromatic heterocycles. The molecule has 0 aliphatic rings. The molecule has 1 aromatic carbocycles. The fourth-order valence-electron chi connectivity index (χ4n) is 1.30. The van der Waals surface area contributed by atoms with E-state index in [0.717, 1.165) is 4.95 Å². The van der Waals surface area contributed by atoms with Crippen LogP contribution in [0.15, 0.2) is 30.3 Å². The summed E-state index contributed by atoms with van der Waals surface area (Å²) in [6.07, 6.45) is 0.204. The molecule has 0 spiro atoms. The molecule has 0 aliphatic carbocycles. The summed E-state index contributed by atoms with van der Waals surface area (Å²) in [4.78, 5) is 0.983. The Kier molecular flexibility index (Phi) is 4.35. The summed E-state index contributed by atoms with van der Waals surface area (Å²) in [6.45, 7) is 6.56. The molecule has 14 heavy (non-hydrogen) atoms. The van der Waals surface area contributed by atoms with Crippen molar-refractivity contribution >= 4 is 24.2 Å². The number of halogens is 1. The van der Waals surface area contributed by atoms with Crippen LogP contribution in [0.1, 0.15) is 18.6 Å². The molecule has 0 amide bonds. The average Bonchev–Trinajstić information content (AvgIpc) is 2.19. The maximum Gasteiger partial charge on any atom is 0.197 e. The van der Waals surface area contributed by atoms with E-state index in [4.69, 9.17) is 4.43 Å². The van der Waals surface area contributed by atoms with Crippen LogP contribution < -0.4 is 0 Å². The van der Waals surface area contributed by atoms with E-state index in [1.807, 2.05) is 6.07 Å². The van der Waals surface area contributed by atoms with Gasteiger partial charge in [0, 0.05) is 4.95 Å². The van der Waals surface area contributed by atoms with Crippen LogP contribution in [0, 0.1) is 0 Å². The minimum Gasteiger partial charge on any atom is -0.410 e. The Balaban J connectivity index is 2.64. The third-order valence-corrected chi connectivity index (χ3v) is 7.77. The van der Waals surface area contributed by atoms with Gasteiger partial charge in [-0.15, -0.1) is 0 Å². The third kappa shape index (κ3) is 3.56. The van der Waals surface area contributed by atoms with Crippen molar-refractivity contribution < 1.29 is 4.43 Å². The fraction of sp³-hybridized carbons (Fsp3) is 0.455. The molecule has 0 fully saturated rings. The van der Waals surface area contributed by atoms with E-state index in [-0.39, 0.29) is 6.10 Å². The van der Waals surface area contributed by atoms with Crippen molar-refractivity contribution in [1.82, 2.24) is 0 Å². The molecule has 0 saturated carbocycles. The lowest BCUT2D eigenvalue weighted by Gasteiger charge is -2.25. The molecular formula is C11H17BrOSi. The van der Waals surface area contributed by atoms with Crippen LogP contribution in [0.25, 0.3) is 0 Å². The zero-order chi connectivity index (χ0) is 10.6. The minimum atomic E-state index is -1.51. The number of alkyl halides is 1. The molecule has 1 atom stereocenters. The zero-order valence-electron chi connectivity index (χ0n) is 8.96. The summed E-state index contributed by atoms with van der Waals surface area (Å²) < 4.78 is 6.07. The van der Waals surface area contributed by atoms with Gasteiger partial charge in [-0.05, 0) is 25.6 Å².